The minimum atomic E-state index is -0.128. The van der Waals surface area contributed by atoms with Crippen LogP contribution in [-0.4, -0.2) is 6.54 Å². The molecule has 1 aromatic rings. The Balaban J connectivity index is 2.55. The molecule has 1 aliphatic heterocycles. The van der Waals surface area contributed by atoms with Crippen molar-refractivity contribution in [2.24, 2.45) is 0 Å². The fourth-order valence-electron chi connectivity index (χ4n) is 1.93. The van der Waals surface area contributed by atoms with E-state index in [2.05, 4.69) is 19.2 Å². The van der Waals surface area contributed by atoms with Crippen LogP contribution in [0.5, 0.6) is 0 Å². The molecule has 0 aromatic heterocycles. The van der Waals surface area contributed by atoms with Gasteiger partial charge in [0.2, 0.25) is 0 Å². The summed E-state index contributed by atoms with van der Waals surface area (Å²) in [4.78, 5) is 0. The van der Waals surface area contributed by atoms with Crippen molar-refractivity contribution in [1.29, 1.82) is 0 Å². The van der Waals surface area contributed by atoms with Gasteiger partial charge in [0.25, 0.3) is 0 Å². The van der Waals surface area contributed by atoms with Crippen LogP contribution in [-0.2, 0) is 6.42 Å². The fourth-order valence-corrected chi connectivity index (χ4v) is 1.93. The molecule has 0 saturated carbocycles. The number of halogens is 1. The third-order valence-electron chi connectivity index (χ3n) is 2.56. The lowest BCUT2D eigenvalue weighted by molar-refractivity contribution is 0.623. The molecule has 1 N–H and O–H groups in total. The van der Waals surface area contributed by atoms with Crippen LogP contribution < -0.4 is 5.32 Å². The lowest BCUT2D eigenvalue weighted by Gasteiger charge is -2.11. The Kier molecular flexibility index (Phi) is 1.98. The van der Waals surface area contributed by atoms with Gasteiger partial charge in [0.1, 0.15) is 5.82 Å². The molecule has 0 spiro atoms. The first-order chi connectivity index (χ1) is 6.18. The van der Waals surface area contributed by atoms with Crippen LogP contribution >= 0.6 is 0 Å². The van der Waals surface area contributed by atoms with Crippen molar-refractivity contribution < 1.29 is 4.39 Å². The van der Waals surface area contributed by atoms with Crippen LogP contribution in [0.15, 0.2) is 12.1 Å². The van der Waals surface area contributed by atoms with Crippen molar-refractivity contribution in [1.82, 2.24) is 0 Å². The maximum atomic E-state index is 13.1. The van der Waals surface area contributed by atoms with Crippen LogP contribution in [0, 0.1) is 5.82 Å². The number of fused-ring (bicyclic) bond motifs is 1. The average molecular weight is 179 g/mol. The Labute approximate surface area is 78.0 Å². The molecule has 0 atom stereocenters. The molecule has 1 aromatic carbocycles. The summed E-state index contributed by atoms with van der Waals surface area (Å²) in [5, 5.41) is 3.20. The molecule has 0 aliphatic carbocycles. The van der Waals surface area contributed by atoms with Crippen molar-refractivity contribution >= 4 is 5.69 Å². The van der Waals surface area contributed by atoms with E-state index in [9.17, 15) is 4.39 Å². The van der Waals surface area contributed by atoms with Gasteiger partial charge in [-0.25, -0.2) is 4.39 Å². The SMILES string of the molecule is CC(C)c1cc(F)cc2c1CCN2. The number of nitrogens with one attached hydrogen (secondary N) is 1. The molecule has 0 radical (unpaired) electrons. The summed E-state index contributed by atoms with van der Waals surface area (Å²) >= 11 is 0. The first-order valence-electron chi connectivity index (χ1n) is 4.74. The van der Waals surface area contributed by atoms with Crippen LogP contribution in [0.3, 0.4) is 0 Å². The molecule has 0 unspecified atom stereocenters. The molecule has 1 heterocycles. The van der Waals surface area contributed by atoms with Crippen molar-refractivity contribution in [3.8, 4) is 0 Å². The molecule has 0 bridgehead atoms. The number of anilines is 1. The highest BCUT2D eigenvalue weighted by molar-refractivity contribution is 5.59. The molecule has 0 saturated heterocycles. The summed E-state index contributed by atoms with van der Waals surface area (Å²) in [5.74, 6) is 0.279. The summed E-state index contributed by atoms with van der Waals surface area (Å²) in [6.07, 6.45) is 1.03. The quantitative estimate of drug-likeness (QED) is 0.699. The van der Waals surface area contributed by atoms with Gasteiger partial charge in [-0.1, -0.05) is 13.8 Å². The van der Waals surface area contributed by atoms with Gasteiger partial charge in [-0.2, -0.15) is 0 Å². The smallest absolute Gasteiger partial charge is 0.125 e. The van der Waals surface area contributed by atoms with E-state index in [1.807, 2.05) is 0 Å². The standard InChI is InChI=1S/C11H14FN/c1-7(2)10-5-8(12)6-11-9(10)3-4-13-11/h5-7,13H,3-4H2,1-2H3. The number of benzene rings is 1. The summed E-state index contributed by atoms with van der Waals surface area (Å²) in [7, 11) is 0. The zero-order chi connectivity index (χ0) is 9.42. The third kappa shape index (κ3) is 1.41. The maximum absolute atomic E-state index is 13.1. The van der Waals surface area contributed by atoms with Crippen molar-refractivity contribution in [3.05, 3.63) is 29.1 Å². The Hall–Kier alpha value is -1.05. The first-order valence-corrected chi connectivity index (χ1v) is 4.74. The number of hydrogen-bond acceptors (Lipinski definition) is 1. The second-order valence-corrected chi connectivity index (χ2v) is 3.85. The highest BCUT2D eigenvalue weighted by Crippen LogP contribution is 2.31. The molecule has 0 amide bonds. The van der Waals surface area contributed by atoms with E-state index < -0.39 is 0 Å². The first kappa shape index (κ1) is 8.54. The van der Waals surface area contributed by atoms with E-state index in [0.717, 1.165) is 24.2 Å². The molecule has 2 rings (SSSR count). The maximum Gasteiger partial charge on any atom is 0.125 e. The monoisotopic (exact) mass is 179 g/mol. The minimum Gasteiger partial charge on any atom is -0.384 e. The van der Waals surface area contributed by atoms with Gasteiger partial charge in [-0.05, 0) is 35.6 Å². The minimum absolute atomic E-state index is 0.128. The number of rotatable bonds is 1. The fraction of sp³-hybridized carbons (Fsp3) is 0.455. The second-order valence-electron chi connectivity index (χ2n) is 3.85. The van der Waals surface area contributed by atoms with Gasteiger partial charge in [0.05, 0.1) is 0 Å². The lowest BCUT2D eigenvalue weighted by Crippen LogP contribution is -1.95. The molecule has 70 valence electrons. The largest absolute Gasteiger partial charge is 0.384 e. The summed E-state index contributed by atoms with van der Waals surface area (Å²) in [6, 6.07) is 3.25. The molecular weight excluding hydrogens is 165 g/mol. The predicted molar refractivity (Wildman–Crippen MR) is 52.7 cm³/mol. The zero-order valence-electron chi connectivity index (χ0n) is 8.02. The van der Waals surface area contributed by atoms with Gasteiger partial charge in [0.15, 0.2) is 0 Å². The highest BCUT2D eigenvalue weighted by Gasteiger charge is 2.17. The van der Waals surface area contributed by atoms with Gasteiger partial charge in [0, 0.05) is 12.2 Å². The Morgan fingerprint density at radius 2 is 2.15 bits per heavy atom. The van der Waals surface area contributed by atoms with Crippen molar-refractivity contribution in [3.63, 3.8) is 0 Å². The highest BCUT2D eigenvalue weighted by atomic mass is 19.1. The van der Waals surface area contributed by atoms with Crippen molar-refractivity contribution in [2.75, 3.05) is 11.9 Å². The molecule has 13 heavy (non-hydrogen) atoms. The van der Waals surface area contributed by atoms with E-state index in [1.54, 1.807) is 12.1 Å². The van der Waals surface area contributed by atoms with E-state index in [1.165, 1.54) is 5.56 Å². The normalized spacial score (nSPS) is 14.5. The van der Waals surface area contributed by atoms with Gasteiger partial charge in [-0.15, -0.1) is 0 Å². The average Bonchev–Trinajstić information content (AvgIpc) is 2.49. The van der Waals surface area contributed by atoms with E-state index in [0.29, 0.717) is 5.92 Å². The predicted octanol–water partition coefficient (Wildman–Crippen LogP) is 2.92. The van der Waals surface area contributed by atoms with Crippen LogP contribution in [0.4, 0.5) is 10.1 Å². The summed E-state index contributed by atoms with van der Waals surface area (Å²) in [6.45, 7) is 5.15. The Morgan fingerprint density at radius 3 is 2.85 bits per heavy atom. The molecule has 1 nitrogen and oxygen atoms in total. The van der Waals surface area contributed by atoms with Crippen LogP contribution in [0.25, 0.3) is 0 Å². The molecule has 2 heteroatoms. The van der Waals surface area contributed by atoms with E-state index >= 15 is 0 Å². The van der Waals surface area contributed by atoms with Gasteiger partial charge < -0.3 is 5.32 Å². The third-order valence-corrected chi connectivity index (χ3v) is 2.56. The molecule has 0 fully saturated rings. The van der Waals surface area contributed by atoms with Crippen molar-refractivity contribution in [2.45, 2.75) is 26.2 Å². The summed E-state index contributed by atoms with van der Waals surface area (Å²) < 4.78 is 13.1. The number of hydrogen-bond donors (Lipinski definition) is 1. The van der Waals surface area contributed by atoms with E-state index in [4.69, 9.17) is 0 Å². The Morgan fingerprint density at radius 1 is 1.38 bits per heavy atom. The lowest BCUT2D eigenvalue weighted by atomic mass is 9.95. The topological polar surface area (TPSA) is 12.0 Å². The summed E-state index contributed by atoms with van der Waals surface area (Å²) in [5.41, 5.74) is 3.44. The van der Waals surface area contributed by atoms with Crippen LogP contribution in [0.1, 0.15) is 30.9 Å². The van der Waals surface area contributed by atoms with Gasteiger partial charge >= 0.3 is 0 Å². The molecular formula is C11H14FN. The zero-order valence-corrected chi connectivity index (χ0v) is 8.02. The van der Waals surface area contributed by atoms with E-state index in [-0.39, 0.29) is 5.82 Å². The molecule has 1 aliphatic rings. The van der Waals surface area contributed by atoms with Crippen LogP contribution in [0.2, 0.25) is 0 Å². The Bertz CT molecular complexity index is 331. The van der Waals surface area contributed by atoms with Gasteiger partial charge in [-0.3, -0.25) is 0 Å². The second kappa shape index (κ2) is 3.02.